The Kier molecular flexibility index (Phi) is 4.80. The Morgan fingerprint density at radius 3 is 2.58 bits per heavy atom. The van der Waals surface area contributed by atoms with Gasteiger partial charge in [0.05, 0.1) is 4.92 Å². The number of amides is 1. The highest BCUT2D eigenvalue weighted by Gasteiger charge is 2.18. The van der Waals surface area contributed by atoms with E-state index in [1.54, 1.807) is 24.0 Å². The van der Waals surface area contributed by atoms with Gasteiger partial charge in [-0.3, -0.25) is 14.9 Å². The molecule has 0 N–H and O–H groups in total. The maximum absolute atomic E-state index is 12.3. The molecule has 0 aliphatic rings. The lowest BCUT2D eigenvalue weighted by Gasteiger charge is -2.21. The highest BCUT2D eigenvalue weighted by molar-refractivity contribution is 5.95. The molecule has 5 heteroatoms. The number of hydrogen-bond acceptors (Lipinski definition) is 3. The summed E-state index contributed by atoms with van der Waals surface area (Å²) >= 11 is 0. The largest absolute Gasteiger partial charge is 0.335 e. The molecule has 0 atom stereocenters. The summed E-state index contributed by atoms with van der Waals surface area (Å²) in [7, 11) is 0. The van der Waals surface area contributed by atoms with Crippen LogP contribution in [0.3, 0.4) is 0 Å². The number of hydrogen-bond donors (Lipinski definition) is 0. The number of carbonyl (C=O) groups excluding carboxylic acids is 1. The van der Waals surface area contributed by atoms with Crippen LogP contribution in [0.5, 0.6) is 0 Å². The fourth-order valence-electron chi connectivity index (χ4n) is 1.77. The number of likely N-dealkylation sites (N-methyl/N-ethyl adjacent to an activating group) is 1. The van der Waals surface area contributed by atoms with Crippen LogP contribution in [0.15, 0.2) is 30.4 Å². The number of nitrogens with zero attached hydrogens (tertiary/aromatic N) is 2. The van der Waals surface area contributed by atoms with Crippen molar-refractivity contribution in [2.45, 2.75) is 20.8 Å². The van der Waals surface area contributed by atoms with E-state index in [0.717, 1.165) is 5.57 Å². The summed E-state index contributed by atoms with van der Waals surface area (Å²) in [4.78, 5) is 24.3. The van der Waals surface area contributed by atoms with Crippen LogP contribution >= 0.6 is 0 Å². The van der Waals surface area contributed by atoms with Crippen LogP contribution in [-0.4, -0.2) is 28.8 Å². The minimum Gasteiger partial charge on any atom is -0.335 e. The fourth-order valence-corrected chi connectivity index (χ4v) is 1.77. The normalized spacial score (nSPS) is 10.1. The summed E-state index contributed by atoms with van der Waals surface area (Å²) in [6.45, 7) is 10.1. The first-order valence-corrected chi connectivity index (χ1v) is 6.05. The van der Waals surface area contributed by atoms with Crippen molar-refractivity contribution in [2.24, 2.45) is 0 Å². The highest BCUT2D eigenvalue weighted by Crippen LogP contribution is 2.20. The molecule has 1 aromatic rings. The van der Waals surface area contributed by atoms with E-state index >= 15 is 0 Å². The number of benzene rings is 1. The molecule has 0 saturated carbocycles. The minimum absolute atomic E-state index is 0.0303. The Labute approximate surface area is 112 Å². The number of aryl methyl sites for hydroxylation is 1. The molecule has 1 amide bonds. The Balaban J connectivity index is 3.08. The van der Waals surface area contributed by atoms with Crippen LogP contribution in [0.25, 0.3) is 0 Å². The van der Waals surface area contributed by atoms with Crippen molar-refractivity contribution in [3.8, 4) is 0 Å². The van der Waals surface area contributed by atoms with Crippen molar-refractivity contribution in [1.82, 2.24) is 4.90 Å². The third-order valence-electron chi connectivity index (χ3n) is 2.78. The molecule has 102 valence electrons. The van der Waals surface area contributed by atoms with E-state index in [9.17, 15) is 14.9 Å². The van der Waals surface area contributed by atoms with Crippen molar-refractivity contribution in [1.29, 1.82) is 0 Å². The minimum atomic E-state index is -0.471. The molecule has 1 rings (SSSR count). The highest BCUT2D eigenvalue weighted by atomic mass is 16.6. The van der Waals surface area contributed by atoms with Gasteiger partial charge in [-0.05, 0) is 26.8 Å². The molecule has 0 bridgehead atoms. The zero-order valence-electron chi connectivity index (χ0n) is 11.5. The van der Waals surface area contributed by atoms with Crippen LogP contribution in [0.2, 0.25) is 0 Å². The van der Waals surface area contributed by atoms with E-state index in [1.807, 2.05) is 13.8 Å². The van der Waals surface area contributed by atoms with Gasteiger partial charge in [0, 0.05) is 30.3 Å². The van der Waals surface area contributed by atoms with E-state index in [0.29, 0.717) is 24.2 Å². The van der Waals surface area contributed by atoms with Crippen LogP contribution in [0.4, 0.5) is 5.69 Å². The van der Waals surface area contributed by atoms with Crippen LogP contribution in [-0.2, 0) is 0 Å². The maximum Gasteiger partial charge on any atom is 0.273 e. The van der Waals surface area contributed by atoms with Gasteiger partial charge in [0.2, 0.25) is 0 Å². The van der Waals surface area contributed by atoms with Crippen molar-refractivity contribution in [3.63, 3.8) is 0 Å². The predicted octanol–water partition coefficient (Wildman–Crippen LogP) is 2.94. The van der Waals surface area contributed by atoms with Gasteiger partial charge >= 0.3 is 0 Å². The first-order chi connectivity index (χ1) is 8.86. The Morgan fingerprint density at radius 2 is 2.11 bits per heavy atom. The van der Waals surface area contributed by atoms with Gasteiger partial charge < -0.3 is 4.90 Å². The van der Waals surface area contributed by atoms with Crippen molar-refractivity contribution >= 4 is 11.6 Å². The number of carbonyl (C=O) groups is 1. The van der Waals surface area contributed by atoms with E-state index in [4.69, 9.17) is 0 Å². The molecule has 0 radical (unpaired) electrons. The molecule has 0 aliphatic carbocycles. The second-order valence-electron chi connectivity index (χ2n) is 4.53. The van der Waals surface area contributed by atoms with Gasteiger partial charge in [-0.2, -0.15) is 0 Å². The third kappa shape index (κ3) is 3.64. The number of nitro groups is 1. The predicted molar refractivity (Wildman–Crippen MR) is 74.2 cm³/mol. The van der Waals surface area contributed by atoms with Gasteiger partial charge in [0.25, 0.3) is 11.6 Å². The molecular formula is C14H18N2O3. The molecule has 5 nitrogen and oxygen atoms in total. The maximum atomic E-state index is 12.3. The van der Waals surface area contributed by atoms with Crippen LogP contribution in [0.1, 0.15) is 29.8 Å². The molecule has 0 saturated heterocycles. The van der Waals surface area contributed by atoms with E-state index in [1.165, 1.54) is 6.07 Å². The molecule has 0 heterocycles. The van der Waals surface area contributed by atoms with Gasteiger partial charge in [0.15, 0.2) is 0 Å². The Morgan fingerprint density at radius 1 is 1.47 bits per heavy atom. The monoisotopic (exact) mass is 262 g/mol. The first-order valence-electron chi connectivity index (χ1n) is 6.05. The zero-order valence-corrected chi connectivity index (χ0v) is 11.5. The van der Waals surface area contributed by atoms with Gasteiger partial charge in [0.1, 0.15) is 0 Å². The Hall–Kier alpha value is -2.17. The second kappa shape index (κ2) is 6.13. The van der Waals surface area contributed by atoms with Crippen molar-refractivity contribution < 1.29 is 9.72 Å². The second-order valence-corrected chi connectivity index (χ2v) is 4.53. The molecular weight excluding hydrogens is 244 g/mol. The topological polar surface area (TPSA) is 63.5 Å². The van der Waals surface area contributed by atoms with Gasteiger partial charge in [-0.25, -0.2) is 0 Å². The summed E-state index contributed by atoms with van der Waals surface area (Å²) in [5.74, 6) is -0.214. The lowest BCUT2D eigenvalue weighted by molar-refractivity contribution is -0.385. The smallest absolute Gasteiger partial charge is 0.273 e. The van der Waals surface area contributed by atoms with E-state index < -0.39 is 4.92 Å². The van der Waals surface area contributed by atoms with Gasteiger partial charge in [-0.15, -0.1) is 0 Å². The first kappa shape index (κ1) is 14.9. The van der Waals surface area contributed by atoms with E-state index in [-0.39, 0.29) is 11.6 Å². The van der Waals surface area contributed by atoms with Gasteiger partial charge in [-0.1, -0.05) is 18.2 Å². The summed E-state index contributed by atoms with van der Waals surface area (Å²) in [5.41, 5.74) is 1.72. The summed E-state index contributed by atoms with van der Waals surface area (Å²) in [6, 6.07) is 4.55. The lowest BCUT2D eigenvalue weighted by Crippen LogP contribution is -2.32. The summed E-state index contributed by atoms with van der Waals surface area (Å²) in [5, 5.41) is 10.9. The fraction of sp³-hybridized carbons (Fsp3) is 0.357. The average molecular weight is 262 g/mol. The molecule has 0 fully saturated rings. The SMILES string of the molecule is C=C(C)CN(CC)C(=O)c1ccc(C)c([N+](=O)[O-])c1. The molecule has 0 spiro atoms. The van der Waals surface area contributed by atoms with Crippen LogP contribution < -0.4 is 0 Å². The third-order valence-corrected chi connectivity index (χ3v) is 2.78. The van der Waals surface area contributed by atoms with E-state index in [2.05, 4.69) is 6.58 Å². The molecule has 19 heavy (non-hydrogen) atoms. The van der Waals surface area contributed by atoms with Crippen LogP contribution in [0, 0.1) is 17.0 Å². The summed E-state index contributed by atoms with van der Waals surface area (Å²) in [6.07, 6.45) is 0. The van der Waals surface area contributed by atoms with Crippen molar-refractivity contribution in [3.05, 3.63) is 51.6 Å². The molecule has 0 unspecified atom stereocenters. The standard InChI is InChI=1S/C14H18N2O3/c1-5-15(9-10(2)3)14(17)12-7-6-11(4)13(8-12)16(18)19/h6-8H,2,5,9H2,1,3-4H3. The number of rotatable bonds is 5. The quantitative estimate of drug-likeness (QED) is 0.465. The molecule has 0 aromatic heterocycles. The molecule has 0 aliphatic heterocycles. The number of nitro benzene ring substituents is 1. The average Bonchev–Trinajstić information content (AvgIpc) is 2.35. The summed E-state index contributed by atoms with van der Waals surface area (Å²) < 4.78 is 0. The molecule has 1 aromatic carbocycles. The lowest BCUT2D eigenvalue weighted by atomic mass is 10.1. The Bertz CT molecular complexity index is 523. The van der Waals surface area contributed by atoms with Crippen molar-refractivity contribution in [2.75, 3.05) is 13.1 Å². The zero-order chi connectivity index (χ0) is 14.6.